The second-order valence-corrected chi connectivity index (χ2v) is 5.35. The minimum atomic E-state index is -0.253. The molecule has 0 aliphatic heterocycles. The molecule has 0 aromatic carbocycles. The van der Waals surface area contributed by atoms with Gasteiger partial charge in [0.05, 0.1) is 5.52 Å². The highest BCUT2D eigenvalue weighted by Gasteiger charge is 2.17. The van der Waals surface area contributed by atoms with E-state index in [9.17, 15) is 4.79 Å². The largest absolute Gasteiger partial charge is 0.305 e. The van der Waals surface area contributed by atoms with Gasteiger partial charge in [-0.25, -0.2) is 9.97 Å². The first kappa shape index (κ1) is 13.6. The quantitative estimate of drug-likeness (QED) is 0.755. The third kappa shape index (κ3) is 2.62. The monoisotopic (exact) mass is 298 g/mol. The van der Waals surface area contributed by atoms with E-state index >= 15 is 0 Å². The highest BCUT2D eigenvalue weighted by molar-refractivity contribution is 7.98. The van der Waals surface area contributed by atoms with Crippen molar-refractivity contribution in [1.82, 2.24) is 14.4 Å². The van der Waals surface area contributed by atoms with E-state index in [0.29, 0.717) is 11.5 Å². The molecule has 3 aromatic heterocycles. The van der Waals surface area contributed by atoms with Crippen LogP contribution in [0.1, 0.15) is 16.1 Å². The second-order valence-electron chi connectivity index (χ2n) is 4.58. The van der Waals surface area contributed by atoms with Crippen LogP contribution in [-0.2, 0) is 0 Å². The van der Waals surface area contributed by atoms with Gasteiger partial charge in [0.15, 0.2) is 10.9 Å². The summed E-state index contributed by atoms with van der Waals surface area (Å²) in [5, 5.41) is 3.58. The summed E-state index contributed by atoms with van der Waals surface area (Å²) in [7, 11) is 0. The van der Waals surface area contributed by atoms with Crippen molar-refractivity contribution in [1.29, 1.82) is 0 Å². The number of hydrogen-bond acceptors (Lipinski definition) is 4. The molecule has 0 unspecified atom stereocenters. The van der Waals surface area contributed by atoms with Gasteiger partial charge < -0.3 is 5.32 Å². The first-order chi connectivity index (χ1) is 10.2. The van der Waals surface area contributed by atoms with Crippen LogP contribution in [0.2, 0.25) is 0 Å². The van der Waals surface area contributed by atoms with Gasteiger partial charge in [0.1, 0.15) is 5.82 Å². The molecule has 0 bridgehead atoms. The molecule has 0 saturated heterocycles. The van der Waals surface area contributed by atoms with Crippen molar-refractivity contribution in [2.75, 3.05) is 11.6 Å². The molecule has 6 heteroatoms. The number of imidazole rings is 1. The van der Waals surface area contributed by atoms with Gasteiger partial charge in [-0.3, -0.25) is 9.20 Å². The molecule has 0 saturated carbocycles. The molecule has 0 radical (unpaired) electrons. The van der Waals surface area contributed by atoms with Crippen LogP contribution in [0.3, 0.4) is 0 Å². The number of hydrogen-bond donors (Lipinski definition) is 1. The summed E-state index contributed by atoms with van der Waals surface area (Å²) >= 11 is 1.50. The van der Waals surface area contributed by atoms with Gasteiger partial charge in [-0.05, 0) is 43.0 Å². The summed E-state index contributed by atoms with van der Waals surface area (Å²) in [5.41, 5.74) is 2.23. The summed E-state index contributed by atoms with van der Waals surface area (Å²) in [4.78, 5) is 21.0. The minimum absolute atomic E-state index is 0.253. The van der Waals surface area contributed by atoms with Crippen molar-refractivity contribution < 1.29 is 4.79 Å². The highest BCUT2D eigenvalue weighted by atomic mass is 32.2. The summed E-state index contributed by atoms with van der Waals surface area (Å²) in [6.07, 6.45) is 5.50. The smallest absolute Gasteiger partial charge is 0.277 e. The minimum Gasteiger partial charge on any atom is -0.305 e. The normalized spacial score (nSPS) is 10.8. The van der Waals surface area contributed by atoms with E-state index in [0.717, 1.165) is 16.2 Å². The zero-order chi connectivity index (χ0) is 14.8. The van der Waals surface area contributed by atoms with Crippen LogP contribution in [-0.4, -0.2) is 26.5 Å². The number of thioether (sulfide) groups is 1. The van der Waals surface area contributed by atoms with Gasteiger partial charge in [-0.15, -0.1) is 0 Å². The average Bonchev–Trinajstić information content (AvgIpc) is 2.86. The van der Waals surface area contributed by atoms with Crippen LogP contribution in [0.5, 0.6) is 0 Å². The molecule has 1 amide bonds. The lowest BCUT2D eigenvalue weighted by Crippen LogP contribution is -2.13. The maximum absolute atomic E-state index is 12.4. The maximum Gasteiger partial charge on any atom is 0.277 e. The van der Waals surface area contributed by atoms with Crippen LogP contribution < -0.4 is 5.32 Å². The van der Waals surface area contributed by atoms with E-state index in [4.69, 9.17) is 0 Å². The Morgan fingerprint density at radius 1 is 1.33 bits per heavy atom. The van der Waals surface area contributed by atoms with E-state index in [2.05, 4.69) is 15.3 Å². The summed E-state index contributed by atoms with van der Waals surface area (Å²) in [6.45, 7) is 1.95. The molecule has 0 fully saturated rings. The van der Waals surface area contributed by atoms with Crippen molar-refractivity contribution in [2.45, 2.75) is 12.1 Å². The Balaban J connectivity index is 1.98. The van der Waals surface area contributed by atoms with Gasteiger partial charge in [-0.2, -0.15) is 0 Å². The van der Waals surface area contributed by atoms with Crippen LogP contribution in [0, 0.1) is 6.92 Å². The molecule has 5 nitrogen and oxygen atoms in total. The van der Waals surface area contributed by atoms with Crippen LogP contribution in [0.15, 0.2) is 47.9 Å². The van der Waals surface area contributed by atoms with Crippen LogP contribution >= 0.6 is 11.8 Å². The van der Waals surface area contributed by atoms with Crippen molar-refractivity contribution in [3.05, 3.63) is 54.0 Å². The Morgan fingerprint density at radius 2 is 2.19 bits per heavy atom. The maximum atomic E-state index is 12.4. The Labute approximate surface area is 126 Å². The molecule has 0 aliphatic carbocycles. The predicted octanol–water partition coefficient (Wildman–Crippen LogP) is 3.01. The molecular formula is C15H14N4OS. The van der Waals surface area contributed by atoms with Gasteiger partial charge in [-0.1, -0.05) is 17.8 Å². The molecule has 0 spiro atoms. The Kier molecular flexibility index (Phi) is 3.62. The highest BCUT2D eigenvalue weighted by Crippen LogP contribution is 2.20. The Bertz CT molecular complexity index is 812. The van der Waals surface area contributed by atoms with Crippen molar-refractivity contribution in [3.8, 4) is 0 Å². The molecule has 3 rings (SSSR count). The average molecular weight is 298 g/mol. The topological polar surface area (TPSA) is 59.3 Å². The van der Waals surface area contributed by atoms with Gasteiger partial charge in [0.2, 0.25) is 0 Å². The van der Waals surface area contributed by atoms with E-state index in [1.165, 1.54) is 11.8 Å². The van der Waals surface area contributed by atoms with Crippen LogP contribution in [0.4, 0.5) is 5.82 Å². The number of aryl methyl sites for hydroxylation is 1. The molecule has 1 N–H and O–H groups in total. The lowest BCUT2D eigenvalue weighted by molar-refractivity contribution is 0.102. The third-order valence-corrected chi connectivity index (χ3v) is 3.72. The summed E-state index contributed by atoms with van der Waals surface area (Å²) in [6, 6.07) is 9.39. The van der Waals surface area contributed by atoms with Gasteiger partial charge >= 0.3 is 0 Å². The molecule has 0 atom stereocenters. The number of fused-ring (bicyclic) bond motifs is 1. The fourth-order valence-corrected chi connectivity index (χ4v) is 2.64. The van der Waals surface area contributed by atoms with Crippen molar-refractivity contribution in [2.24, 2.45) is 0 Å². The Morgan fingerprint density at radius 3 is 2.95 bits per heavy atom. The fourth-order valence-electron chi connectivity index (χ4n) is 2.10. The molecule has 3 aromatic rings. The number of rotatable bonds is 3. The molecule has 0 aliphatic rings. The number of nitrogens with one attached hydrogen (secondary N) is 1. The molecule has 21 heavy (non-hydrogen) atoms. The zero-order valence-electron chi connectivity index (χ0n) is 11.7. The lowest BCUT2D eigenvalue weighted by atomic mass is 10.3. The number of nitrogens with zero attached hydrogens (tertiary/aromatic N) is 3. The standard InChI is InChI=1S/C15H14N4OS/c1-10-6-7-16-12(9-10)17-14(20)13-11-5-3-4-8-19(11)15(18-13)21-2/h3-9H,1-2H3,(H,16,17,20). The number of aromatic nitrogens is 3. The van der Waals surface area contributed by atoms with Crippen molar-refractivity contribution >= 4 is 29.0 Å². The SMILES string of the molecule is CSc1nc(C(=O)Nc2cc(C)ccn2)c2ccccn12. The van der Waals surface area contributed by atoms with Crippen molar-refractivity contribution in [3.63, 3.8) is 0 Å². The van der Waals surface area contributed by atoms with Gasteiger partial charge in [0.25, 0.3) is 5.91 Å². The number of amides is 1. The van der Waals surface area contributed by atoms with E-state index in [-0.39, 0.29) is 5.91 Å². The zero-order valence-corrected chi connectivity index (χ0v) is 12.5. The van der Waals surface area contributed by atoms with E-state index < -0.39 is 0 Å². The Hall–Kier alpha value is -2.34. The summed E-state index contributed by atoms with van der Waals surface area (Å²) < 4.78 is 1.91. The third-order valence-electron chi connectivity index (χ3n) is 3.07. The fraction of sp³-hybridized carbons (Fsp3) is 0.133. The molecule has 3 heterocycles. The van der Waals surface area contributed by atoms with Crippen LogP contribution in [0.25, 0.3) is 5.52 Å². The number of carbonyl (C=O) groups is 1. The predicted molar refractivity (Wildman–Crippen MR) is 83.9 cm³/mol. The summed E-state index contributed by atoms with van der Waals surface area (Å²) in [5.74, 6) is 0.278. The van der Waals surface area contributed by atoms with Gasteiger partial charge in [0, 0.05) is 12.4 Å². The lowest BCUT2D eigenvalue weighted by Gasteiger charge is -2.03. The molecular weight excluding hydrogens is 284 g/mol. The van der Waals surface area contributed by atoms with E-state index in [1.54, 1.807) is 6.20 Å². The first-order valence-electron chi connectivity index (χ1n) is 6.44. The molecule has 106 valence electrons. The first-order valence-corrected chi connectivity index (χ1v) is 7.66. The van der Waals surface area contributed by atoms with E-state index in [1.807, 2.05) is 54.1 Å². The number of pyridine rings is 2. The number of carbonyl (C=O) groups excluding carboxylic acids is 1. The second kappa shape index (κ2) is 5.57. The number of anilines is 1.